The van der Waals surface area contributed by atoms with E-state index < -0.39 is 0 Å². The van der Waals surface area contributed by atoms with Gasteiger partial charge in [-0.1, -0.05) is 0 Å². The number of hydrogen-bond acceptors (Lipinski definition) is 5. The number of carbonyl (C=O) groups excluding carboxylic acids is 1. The Morgan fingerprint density at radius 2 is 2.11 bits per heavy atom. The monoisotopic (exact) mass is 382 g/mol. The number of aromatic nitrogens is 3. The first-order valence-electron chi connectivity index (χ1n) is 10.3. The molecule has 2 N–H and O–H groups in total. The number of nitrogens with zero attached hydrogens (tertiary/aromatic N) is 4. The number of rotatable bonds is 6. The van der Waals surface area contributed by atoms with Crippen LogP contribution in [0.4, 0.5) is 0 Å². The minimum absolute atomic E-state index is 0.241. The number of likely N-dealkylation sites (tertiary alicyclic amines) is 1. The van der Waals surface area contributed by atoms with Gasteiger partial charge in [0.1, 0.15) is 0 Å². The van der Waals surface area contributed by atoms with E-state index >= 15 is 0 Å². The summed E-state index contributed by atoms with van der Waals surface area (Å²) in [5.41, 5.74) is 10.2. The van der Waals surface area contributed by atoms with Crippen LogP contribution >= 0.6 is 0 Å². The Kier molecular flexibility index (Phi) is 5.73. The quantitative estimate of drug-likeness (QED) is 0.798. The van der Waals surface area contributed by atoms with Crippen molar-refractivity contribution in [1.82, 2.24) is 30.5 Å². The molecule has 3 unspecified atom stereocenters. The number of nitrogens with one attached hydrogen (secondary N) is 2. The van der Waals surface area contributed by atoms with Gasteiger partial charge in [0, 0.05) is 62.1 Å². The molecule has 4 rings (SSSR count). The predicted octanol–water partition coefficient (Wildman–Crippen LogP) is 1.93. The minimum atomic E-state index is 0.241. The van der Waals surface area contributed by atoms with E-state index in [1.807, 2.05) is 24.0 Å². The van der Waals surface area contributed by atoms with Gasteiger partial charge in [-0.2, -0.15) is 5.10 Å². The van der Waals surface area contributed by atoms with Gasteiger partial charge in [-0.3, -0.25) is 25.3 Å². The van der Waals surface area contributed by atoms with Crippen LogP contribution in [0, 0.1) is 13.8 Å². The molecule has 2 aromatic rings. The van der Waals surface area contributed by atoms with Gasteiger partial charge in [-0.15, -0.1) is 0 Å². The maximum atomic E-state index is 13.0. The summed E-state index contributed by atoms with van der Waals surface area (Å²) in [6.07, 6.45) is 7.24. The van der Waals surface area contributed by atoms with E-state index in [-0.39, 0.29) is 18.0 Å². The lowest BCUT2D eigenvalue weighted by atomic mass is 9.88. The topological polar surface area (TPSA) is 75.1 Å². The molecule has 7 heteroatoms. The minimum Gasteiger partial charge on any atom is -0.338 e. The second-order valence-corrected chi connectivity index (χ2v) is 7.99. The van der Waals surface area contributed by atoms with Gasteiger partial charge >= 0.3 is 0 Å². The highest BCUT2D eigenvalue weighted by atomic mass is 16.2. The highest BCUT2D eigenvalue weighted by Gasteiger charge is 2.41. The zero-order chi connectivity index (χ0) is 19.5. The van der Waals surface area contributed by atoms with Gasteiger partial charge in [0.2, 0.25) is 5.91 Å². The van der Waals surface area contributed by atoms with E-state index in [1.54, 1.807) is 0 Å². The number of hydrazine groups is 1. The summed E-state index contributed by atoms with van der Waals surface area (Å²) in [4.78, 5) is 19.2. The summed E-state index contributed by atoms with van der Waals surface area (Å²) < 4.78 is 2.01. The van der Waals surface area contributed by atoms with Crippen LogP contribution in [0.1, 0.15) is 48.6 Å². The van der Waals surface area contributed by atoms with E-state index in [1.165, 1.54) is 5.56 Å². The van der Waals surface area contributed by atoms with Crippen molar-refractivity contribution in [2.24, 2.45) is 0 Å². The molecule has 0 bridgehead atoms. The molecule has 28 heavy (non-hydrogen) atoms. The summed E-state index contributed by atoms with van der Waals surface area (Å²) in [5.74, 6) is 0.627. The van der Waals surface area contributed by atoms with Crippen molar-refractivity contribution in [2.45, 2.75) is 64.1 Å². The van der Waals surface area contributed by atoms with Crippen molar-refractivity contribution in [3.63, 3.8) is 0 Å². The molecule has 0 saturated carbocycles. The number of aryl methyl sites for hydroxylation is 3. The molecule has 0 aliphatic carbocycles. The Morgan fingerprint density at radius 1 is 1.29 bits per heavy atom. The lowest BCUT2D eigenvalue weighted by Crippen LogP contribution is -2.49. The maximum Gasteiger partial charge on any atom is 0.222 e. The Labute approximate surface area is 166 Å². The first kappa shape index (κ1) is 19.1. The molecule has 4 heterocycles. The fourth-order valence-corrected chi connectivity index (χ4v) is 4.71. The third-order valence-corrected chi connectivity index (χ3v) is 6.06. The third kappa shape index (κ3) is 3.95. The van der Waals surface area contributed by atoms with Crippen molar-refractivity contribution in [1.29, 1.82) is 0 Å². The van der Waals surface area contributed by atoms with Crippen LogP contribution in [0.2, 0.25) is 0 Å². The first-order chi connectivity index (χ1) is 13.6. The van der Waals surface area contributed by atoms with Crippen LogP contribution < -0.4 is 10.9 Å². The molecule has 7 nitrogen and oxygen atoms in total. The van der Waals surface area contributed by atoms with Crippen molar-refractivity contribution in [3.8, 4) is 0 Å². The molecule has 3 atom stereocenters. The van der Waals surface area contributed by atoms with Crippen molar-refractivity contribution in [2.75, 3.05) is 13.1 Å². The second-order valence-electron chi connectivity index (χ2n) is 7.99. The van der Waals surface area contributed by atoms with E-state index in [9.17, 15) is 4.79 Å². The molecule has 2 aliphatic rings. The SMILES string of the molecule is Cc1cc(C)n(CCCC(=O)N2CCCC2C2NNCC2c2ccncc2)n1. The lowest BCUT2D eigenvalue weighted by Gasteiger charge is -2.32. The van der Waals surface area contributed by atoms with Gasteiger partial charge in [-0.25, -0.2) is 0 Å². The second kappa shape index (κ2) is 8.41. The van der Waals surface area contributed by atoms with Crippen LogP contribution in [-0.2, 0) is 11.3 Å². The molecule has 2 aliphatic heterocycles. The first-order valence-corrected chi connectivity index (χ1v) is 10.3. The normalized spacial score (nSPS) is 24.8. The predicted molar refractivity (Wildman–Crippen MR) is 108 cm³/mol. The standard InChI is InChI=1S/C21H30N6O/c1-15-13-16(2)27(25-15)12-4-6-20(28)26-11-3-5-19(26)21-18(14-23-24-21)17-7-9-22-10-8-17/h7-10,13,18-19,21,23-24H,3-6,11-12,14H2,1-2H3. The Balaban J connectivity index is 1.37. The fourth-order valence-electron chi connectivity index (χ4n) is 4.71. The summed E-state index contributed by atoms with van der Waals surface area (Å²) in [5, 5.41) is 4.49. The van der Waals surface area contributed by atoms with E-state index in [2.05, 4.69) is 51.0 Å². The highest BCUT2D eigenvalue weighted by molar-refractivity contribution is 5.77. The lowest BCUT2D eigenvalue weighted by molar-refractivity contribution is -0.132. The van der Waals surface area contributed by atoms with Crippen LogP contribution in [0.3, 0.4) is 0 Å². The van der Waals surface area contributed by atoms with Crippen LogP contribution in [0.5, 0.6) is 0 Å². The Bertz CT molecular complexity index is 804. The average Bonchev–Trinajstić information content (AvgIpc) is 3.42. The molecule has 0 radical (unpaired) electrons. The number of hydrogen-bond donors (Lipinski definition) is 2. The highest BCUT2D eigenvalue weighted by Crippen LogP contribution is 2.31. The molecule has 0 aromatic carbocycles. The molecule has 2 fully saturated rings. The molecule has 150 valence electrons. The van der Waals surface area contributed by atoms with Gasteiger partial charge in [0.05, 0.1) is 5.69 Å². The van der Waals surface area contributed by atoms with Crippen LogP contribution in [0.15, 0.2) is 30.6 Å². The zero-order valence-electron chi connectivity index (χ0n) is 16.8. The number of carbonyl (C=O) groups is 1. The average molecular weight is 383 g/mol. The maximum absolute atomic E-state index is 13.0. The number of pyridine rings is 1. The summed E-state index contributed by atoms with van der Waals surface area (Å²) in [6.45, 7) is 6.62. The molecule has 2 saturated heterocycles. The smallest absolute Gasteiger partial charge is 0.222 e. The third-order valence-electron chi connectivity index (χ3n) is 6.06. The largest absolute Gasteiger partial charge is 0.338 e. The zero-order valence-corrected chi connectivity index (χ0v) is 16.8. The summed E-state index contributed by atoms with van der Waals surface area (Å²) in [7, 11) is 0. The van der Waals surface area contributed by atoms with Gasteiger partial charge in [-0.05, 0) is 56.9 Å². The van der Waals surface area contributed by atoms with Gasteiger partial charge in [0.15, 0.2) is 0 Å². The van der Waals surface area contributed by atoms with E-state index in [0.29, 0.717) is 12.3 Å². The molecule has 1 amide bonds. The van der Waals surface area contributed by atoms with E-state index in [0.717, 1.165) is 50.3 Å². The van der Waals surface area contributed by atoms with Gasteiger partial charge in [0.25, 0.3) is 0 Å². The van der Waals surface area contributed by atoms with Crippen molar-refractivity contribution < 1.29 is 4.79 Å². The van der Waals surface area contributed by atoms with Crippen LogP contribution in [-0.4, -0.2) is 50.7 Å². The Hall–Kier alpha value is -2.25. The molecular formula is C21H30N6O. The molecule has 2 aromatic heterocycles. The summed E-state index contributed by atoms with van der Waals surface area (Å²) in [6, 6.07) is 6.74. The Morgan fingerprint density at radius 3 is 2.86 bits per heavy atom. The van der Waals surface area contributed by atoms with Crippen molar-refractivity contribution in [3.05, 3.63) is 47.5 Å². The molecular weight excluding hydrogens is 352 g/mol. The van der Waals surface area contributed by atoms with Crippen LogP contribution in [0.25, 0.3) is 0 Å². The fraction of sp³-hybridized carbons (Fsp3) is 0.571. The summed E-state index contributed by atoms with van der Waals surface area (Å²) >= 11 is 0. The van der Waals surface area contributed by atoms with E-state index in [4.69, 9.17) is 0 Å². The van der Waals surface area contributed by atoms with Crippen molar-refractivity contribution >= 4 is 5.91 Å². The molecule has 0 spiro atoms. The van der Waals surface area contributed by atoms with Gasteiger partial charge < -0.3 is 4.90 Å². The number of amides is 1.